The van der Waals surface area contributed by atoms with Crippen molar-refractivity contribution in [3.63, 3.8) is 0 Å². The quantitative estimate of drug-likeness (QED) is 0.818. The SMILES string of the molecule is C[C@@H]1CN(C(=O)CC[C@@H]2NC(=O)NC2=O)c2ccccc21. The zero-order chi connectivity index (χ0) is 15.0. The molecule has 0 spiro atoms. The van der Waals surface area contributed by atoms with E-state index in [1.54, 1.807) is 4.90 Å². The Morgan fingerprint density at radius 3 is 2.81 bits per heavy atom. The standard InChI is InChI=1S/C15H17N3O3/c1-9-8-18(12-5-3-2-4-10(9)12)13(19)7-6-11-14(20)17-15(21)16-11/h2-5,9,11H,6-8H2,1H3,(H2,16,17,20,21)/t9-,11+/m1/s1. The molecule has 0 unspecified atom stereocenters. The first-order chi connectivity index (χ1) is 10.1. The molecule has 21 heavy (non-hydrogen) atoms. The molecule has 1 aromatic carbocycles. The van der Waals surface area contributed by atoms with Crippen LogP contribution in [0, 0.1) is 0 Å². The summed E-state index contributed by atoms with van der Waals surface area (Å²) in [5.74, 6) is -0.0524. The average molecular weight is 287 g/mol. The number of rotatable bonds is 3. The van der Waals surface area contributed by atoms with E-state index in [4.69, 9.17) is 0 Å². The molecule has 2 aliphatic heterocycles. The molecule has 0 radical (unpaired) electrons. The van der Waals surface area contributed by atoms with Gasteiger partial charge in [0.1, 0.15) is 6.04 Å². The van der Waals surface area contributed by atoms with Gasteiger partial charge in [0.05, 0.1) is 0 Å². The third-order valence-corrected chi connectivity index (χ3v) is 4.02. The number of urea groups is 1. The highest BCUT2D eigenvalue weighted by atomic mass is 16.2. The van der Waals surface area contributed by atoms with Gasteiger partial charge in [-0.05, 0) is 18.1 Å². The van der Waals surface area contributed by atoms with Crippen LogP contribution in [0.2, 0.25) is 0 Å². The molecule has 2 atom stereocenters. The molecule has 0 saturated carbocycles. The van der Waals surface area contributed by atoms with Crippen LogP contribution >= 0.6 is 0 Å². The van der Waals surface area contributed by atoms with Gasteiger partial charge in [-0.15, -0.1) is 0 Å². The van der Waals surface area contributed by atoms with Gasteiger partial charge in [-0.2, -0.15) is 0 Å². The number of hydrogen-bond acceptors (Lipinski definition) is 3. The molecule has 0 aromatic heterocycles. The number of fused-ring (bicyclic) bond motifs is 1. The fraction of sp³-hybridized carbons (Fsp3) is 0.400. The van der Waals surface area contributed by atoms with Gasteiger partial charge < -0.3 is 10.2 Å². The number of imide groups is 1. The molecule has 2 heterocycles. The number of nitrogens with zero attached hydrogens (tertiary/aromatic N) is 1. The van der Waals surface area contributed by atoms with Gasteiger partial charge in [0, 0.05) is 24.6 Å². The highest BCUT2D eigenvalue weighted by Gasteiger charge is 2.32. The van der Waals surface area contributed by atoms with Crippen molar-refractivity contribution in [3.8, 4) is 0 Å². The number of benzene rings is 1. The molecule has 2 N–H and O–H groups in total. The monoisotopic (exact) mass is 287 g/mol. The van der Waals surface area contributed by atoms with E-state index in [0.29, 0.717) is 18.9 Å². The van der Waals surface area contributed by atoms with Gasteiger partial charge in [-0.1, -0.05) is 25.1 Å². The summed E-state index contributed by atoms with van der Waals surface area (Å²) >= 11 is 0. The largest absolute Gasteiger partial charge is 0.326 e. The van der Waals surface area contributed by atoms with Crippen LogP contribution in [0.3, 0.4) is 0 Å². The lowest BCUT2D eigenvalue weighted by Gasteiger charge is -2.18. The molecule has 1 aromatic rings. The molecular formula is C15H17N3O3. The Kier molecular flexibility index (Phi) is 3.37. The van der Waals surface area contributed by atoms with E-state index in [0.717, 1.165) is 5.69 Å². The number of anilines is 1. The van der Waals surface area contributed by atoms with Crippen LogP contribution in [0.5, 0.6) is 0 Å². The Morgan fingerprint density at radius 2 is 2.10 bits per heavy atom. The van der Waals surface area contributed by atoms with Crippen molar-refractivity contribution in [2.24, 2.45) is 0 Å². The smallest absolute Gasteiger partial charge is 0.322 e. The van der Waals surface area contributed by atoms with Crippen LogP contribution in [-0.2, 0) is 9.59 Å². The van der Waals surface area contributed by atoms with Crippen LogP contribution in [0.4, 0.5) is 10.5 Å². The maximum absolute atomic E-state index is 12.4. The van der Waals surface area contributed by atoms with Crippen molar-refractivity contribution in [1.29, 1.82) is 0 Å². The lowest BCUT2D eigenvalue weighted by Crippen LogP contribution is -2.34. The fourth-order valence-electron chi connectivity index (χ4n) is 2.92. The van der Waals surface area contributed by atoms with Crippen LogP contribution in [0.15, 0.2) is 24.3 Å². The molecule has 4 amide bonds. The number of para-hydroxylation sites is 1. The van der Waals surface area contributed by atoms with Crippen LogP contribution < -0.4 is 15.5 Å². The van der Waals surface area contributed by atoms with Crippen molar-refractivity contribution >= 4 is 23.5 Å². The topological polar surface area (TPSA) is 78.5 Å². The Balaban J connectivity index is 1.65. The number of nitrogens with one attached hydrogen (secondary N) is 2. The first-order valence-electron chi connectivity index (χ1n) is 7.07. The van der Waals surface area contributed by atoms with Gasteiger partial charge in [-0.3, -0.25) is 14.9 Å². The van der Waals surface area contributed by atoms with Crippen LogP contribution in [0.1, 0.15) is 31.2 Å². The van der Waals surface area contributed by atoms with Gasteiger partial charge in [0.25, 0.3) is 5.91 Å². The summed E-state index contributed by atoms with van der Waals surface area (Å²) < 4.78 is 0. The first-order valence-corrected chi connectivity index (χ1v) is 7.07. The lowest BCUT2D eigenvalue weighted by atomic mass is 10.0. The Morgan fingerprint density at radius 1 is 1.33 bits per heavy atom. The highest BCUT2D eigenvalue weighted by Crippen LogP contribution is 2.36. The normalized spacial score (nSPS) is 23.8. The van der Waals surface area contributed by atoms with E-state index in [-0.39, 0.29) is 18.2 Å². The second kappa shape index (κ2) is 5.20. The van der Waals surface area contributed by atoms with Gasteiger partial charge in [-0.25, -0.2) is 4.79 Å². The van der Waals surface area contributed by atoms with Crippen LogP contribution in [0.25, 0.3) is 0 Å². The molecule has 6 heteroatoms. The summed E-state index contributed by atoms with van der Waals surface area (Å²) in [5.41, 5.74) is 2.13. The van der Waals surface area contributed by atoms with Crippen molar-refractivity contribution < 1.29 is 14.4 Å². The third kappa shape index (κ3) is 2.49. The van der Waals surface area contributed by atoms with Crippen molar-refractivity contribution in [2.45, 2.75) is 31.7 Å². The molecule has 0 bridgehead atoms. The maximum atomic E-state index is 12.4. The summed E-state index contributed by atoms with van der Waals surface area (Å²) in [4.78, 5) is 36.6. The van der Waals surface area contributed by atoms with E-state index >= 15 is 0 Å². The number of carbonyl (C=O) groups excluding carboxylic acids is 3. The summed E-state index contributed by atoms with van der Waals surface area (Å²) in [6, 6.07) is 6.79. The van der Waals surface area contributed by atoms with Crippen LogP contribution in [-0.4, -0.2) is 30.4 Å². The molecule has 1 fully saturated rings. The Bertz CT molecular complexity index is 614. The average Bonchev–Trinajstić information content (AvgIpc) is 2.97. The lowest BCUT2D eigenvalue weighted by molar-refractivity contribution is -0.121. The second-order valence-electron chi connectivity index (χ2n) is 5.52. The Hall–Kier alpha value is -2.37. The summed E-state index contributed by atoms with van der Waals surface area (Å²) in [6.45, 7) is 2.76. The van der Waals surface area contributed by atoms with E-state index in [1.807, 2.05) is 24.3 Å². The predicted molar refractivity (Wildman–Crippen MR) is 76.9 cm³/mol. The third-order valence-electron chi connectivity index (χ3n) is 4.02. The molecule has 0 aliphatic carbocycles. The van der Waals surface area contributed by atoms with E-state index in [1.165, 1.54) is 5.56 Å². The molecule has 3 rings (SSSR count). The second-order valence-corrected chi connectivity index (χ2v) is 5.52. The zero-order valence-electron chi connectivity index (χ0n) is 11.8. The van der Waals surface area contributed by atoms with Crippen molar-refractivity contribution in [1.82, 2.24) is 10.6 Å². The summed E-state index contributed by atoms with van der Waals surface area (Å²) in [5, 5.41) is 4.68. The van der Waals surface area contributed by atoms with Gasteiger partial charge >= 0.3 is 6.03 Å². The Labute approximate surface area is 122 Å². The summed E-state index contributed by atoms with van der Waals surface area (Å²) in [6.07, 6.45) is 0.558. The van der Waals surface area contributed by atoms with Gasteiger partial charge in [0.2, 0.25) is 5.91 Å². The van der Waals surface area contributed by atoms with Gasteiger partial charge in [0.15, 0.2) is 0 Å². The van der Waals surface area contributed by atoms with Crippen molar-refractivity contribution in [3.05, 3.63) is 29.8 Å². The molecule has 1 saturated heterocycles. The highest BCUT2D eigenvalue weighted by molar-refractivity contribution is 6.04. The van der Waals surface area contributed by atoms with E-state index < -0.39 is 12.1 Å². The molecular weight excluding hydrogens is 270 g/mol. The van der Waals surface area contributed by atoms with Crippen molar-refractivity contribution in [2.75, 3.05) is 11.4 Å². The minimum Gasteiger partial charge on any atom is -0.326 e. The maximum Gasteiger partial charge on any atom is 0.322 e. The van der Waals surface area contributed by atoms with E-state index in [9.17, 15) is 14.4 Å². The molecule has 2 aliphatic rings. The molecule has 110 valence electrons. The fourth-order valence-corrected chi connectivity index (χ4v) is 2.92. The minimum absolute atomic E-state index is 0.0132. The number of hydrogen-bond donors (Lipinski definition) is 2. The zero-order valence-corrected chi connectivity index (χ0v) is 11.8. The predicted octanol–water partition coefficient (Wildman–Crippen LogP) is 1.12. The minimum atomic E-state index is -0.600. The van der Waals surface area contributed by atoms with E-state index in [2.05, 4.69) is 17.6 Å². The summed E-state index contributed by atoms with van der Waals surface area (Å²) in [7, 11) is 0. The number of amides is 4. The molecule has 6 nitrogen and oxygen atoms in total. The first kappa shape index (κ1) is 13.6. The number of carbonyl (C=O) groups is 3.